The summed E-state index contributed by atoms with van der Waals surface area (Å²) in [4.78, 5) is 25.5. The molecule has 1 saturated heterocycles. The molecule has 0 N–H and O–H groups in total. The molecule has 0 aromatic heterocycles. The van der Waals surface area contributed by atoms with E-state index >= 15 is 0 Å². The van der Waals surface area contributed by atoms with Crippen LogP contribution in [0.3, 0.4) is 0 Å². The Balaban J connectivity index is 1.16. The molecule has 1 saturated carbocycles. The number of hydrazone groups is 1. The van der Waals surface area contributed by atoms with E-state index in [1.54, 1.807) is 12.1 Å². The molecule has 33 heavy (non-hydrogen) atoms. The van der Waals surface area contributed by atoms with Gasteiger partial charge in [0.25, 0.3) is 11.8 Å². The lowest BCUT2D eigenvalue weighted by atomic mass is 9.85. The van der Waals surface area contributed by atoms with Crippen LogP contribution < -0.4 is 4.74 Å². The predicted molar refractivity (Wildman–Crippen MR) is 127 cm³/mol. The van der Waals surface area contributed by atoms with Crippen LogP contribution in [0.4, 0.5) is 0 Å². The van der Waals surface area contributed by atoms with Crippen molar-refractivity contribution in [3.8, 4) is 5.75 Å². The SMILES string of the molecule is O=C1[C@@H]2[C@H](C(=O)N1N=Cc1ccc(OCc3cccc4ccccc34)c(Cl)c1)[C@H]1C=C[C@H]2C1. The number of hydrogen-bond acceptors (Lipinski definition) is 4. The zero-order valence-corrected chi connectivity index (χ0v) is 18.5. The molecule has 1 aliphatic heterocycles. The summed E-state index contributed by atoms with van der Waals surface area (Å²) in [5.41, 5.74) is 1.77. The Kier molecular flexibility index (Phi) is 4.80. The summed E-state index contributed by atoms with van der Waals surface area (Å²) in [6.07, 6.45) is 6.55. The largest absolute Gasteiger partial charge is 0.487 e. The average Bonchev–Trinajstić information content (AvgIpc) is 3.51. The number of ether oxygens (including phenoxy) is 1. The molecule has 2 bridgehead atoms. The number of allylic oxidation sites excluding steroid dienone is 2. The van der Waals surface area contributed by atoms with Crippen molar-refractivity contribution in [2.45, 2.75) is 13.0 Å². The van der Waals surface area contributed by atoms with E-state index < -0.39 is 0 Å². The minimum Gasteiger partial charge on any atom is -0.487 e. The second-order valence-corrected chi connectivity index (χ2v) is 9.26. The number of fused-ring (bicyclic) bond motifs is 6. The number of hydrogen-bond donors (Lipinski definition) is 0. The van der Waals surface area contributed by atoms with Gasteiger partial charge < -0.3 is 4.74 Å². The molecule has 0 spiro atoms. The number of nitrogens with zero attached hydrogens (tertiary/aromatic N) is 2. The summed E-state index contributed by atoms with van der Waals surface area (Å²) in [5, 5.41) is 8.01. The summed E-state index contributed by atoms with van der Waals surface area (Å²) in [5.74, 6) is 0.00965. The highest BCUT2D eigenvalue weighted by atomic mass is 35.5. The van der Waals surface area contributed by atoms with E-state index in [0.29, 0.717) is 22.9 Å². The Labute approximate surface area is 196 Å². The van der Waals surface area contributed by atoms with Crippen LogP contribution in [0.2, 0.25) is 5.02 Å². The summed E-state index contributed by atoms with van der Waals surface area (Å²) in [7, 11) is 0. The van der Waals surface area contributed by atoms with Crippen LogP contribution in [0.15, 0.2) is 77.9 Å². The fourth-order valence-corrected chi connectivity index (χ4v) is 5.66. The van der Waals surface area contributed by atoms with E-state index in [9.17, 15) is 9.59 Å². The third-order valence-electron chi connectivity index (χ3n) is 6.99. The topological polar surface area (TPSA) is 59.0 Å². The highest BCUT2D eigenvalue weighted by Gasteiger charge is 2.59. The maximum Gasteiger partial charge on any atom is 0.254 e. The van der Waals surface area contributed by atoms with Crippen molar-refractivity contribution in [3.63, 3.8) is 0 Å². The molecular formula is C27H21ClN2O3. The molecule has 2 fully saturated rings. The molecule has 3 aromatic carbocycles. The molecule has 5 nitrogen and oxygen atoms in total. The zero-order chi connectivity index (χ0) is 22.5. The van der Waals surface area contributed by atoms with E-state index in [0.717, 1.165) is 27.8 Å². The van der Waals surface area contributed by atoms with E-state index in [2.05, 4.69) is 35.5 Å². The first kappa shape index (κ1) is 20.2. The number of amides is 2. The Hall–Kier alpha value is -3.44. The van der Waals surface area contributed by atoms with Gasteiger partial charge in [0.2, 0.25) is 0 Å². The summed E-state index contributed by atoms with van der Waals surface area (Å²) < 4.78 is 5.98. The number of imide groups is 1. The van der Waals surface area contributed by atoms with Gasteiger partial charge in [-0.15, -0.1) is 0 Å². The zero-order valence-electron chi connectivity index (χ0n) is 17.7. The second kappa shape index (κ2) is 7.85. The van der Waals surface area contributed by atoms with Gasteiger partial charge in [0, 0.05) is 0 Å². The number of carbonyl (C=O) groups is 2. The molecule has 4 atom stereocenters. The van der Waals surface area contributed by atoms with E-state index in [1.807, 2.05) is 30.3 Å². The highest BCUT2D eigenvalue weighted by Crippen LogP contribution is 2.52. The third-order valence-corrected chi connectivity index (χ3v) is 7.28. The van der Waals surface area contributed by atoms with Gasteiger partial charge in [-0.2, -0.15) is 10.1 Å². The first-order valence-electron chi connectivity index (χ1n) is 11.1. The summed E-state index contributed by atoms with van der Waals surface area (Å²) in [6, 6.07) is 19.6. The third kappa shape index (κ3) is 3.35. The van der Waals surface area contributed by atoms with Crippen LogP contribution in [-0.4, -0.2) is 23.0 Å². The molecule has 0 unspecified atom stereocenters. The van der Waals surface area contributed by atoms with Crippen LogP contribution in [0.1, 0.15) is 17.5 Å². The molecule has 3 aromatic rings. The van der Waals surface area contributed by atoms with Crippen molar-refractivity contribution >= 4 is 40.4 Å². The van der Waals surface area contributed by atoms with E-state index in [4.69, 9.17) is 16.3 Å². The fourth-order valence-electron chi connectivity index (χ4n) is 5.41. The summed E-state index contributed by atoms with van der Waals surface area (Å²) >= 11 is 6.45. The fraction of sp³-hybridized carbons (Fsp3) is 0.222. The maximum atomic E-state index is 12.8. The highest BCUT2D eigenvalue weighted by molar-refractivity contribution is 6.32. The smallest absolute Gasteiger partial charge is 0.254 e. The Morgan fingerprint density at radius 2 is 1.70 bits per heavy atom. The lowest BCUT2D eigenvalue weighted by Crippen LogP contribution is -2.28. The molecule has 2 aliphatic carbocycles. The number of halogens is 1. The number of rotatable bonds is 5. The maximum absolute atomic E-state index is 12.8. The first-order valence-corrected chi connectivity index (χ1v) is 11.5. The van der Waals surface area contributed by atoms with Gasteiger partial charge in [0.15, 0.2) is 0 Å². The number of carbonyl (C=O) groups excluding carboxylic acids is 2. The minimum atomic E-state index is -0.252. The Morgan fingerprint density at radius 3 is 2.45 bits per heavy atom. The molecule has 1 heterocycles. The Morgan fingerprint density at radius 1 is 0.970 bits per heavy atom. The first-order chi connectivity index (χ1) is 16.1. The molecule has 0 radical (unpaired) electrons. The monoisotopic (exact) mass is 456 g/mol. The van der Waals surface area contributed by atoms with Gasteiger partial charge in [-0.25, -0.2) is 0 Å². The quantitative estimate of drug-likeness (QED) is 0.300. The van der Waals surface area contributed by atoms with Crippen molar-refractivity contribution < 1.29 is 14.3 Å². The lowest BCUT2D eigenvalue weighted by Gasteiger charge is -2.13. The normalized spacial score (nSPS) is 25.5. The van der Waals surface area contributed by atoms with Crippen molar-refractivity contribution in [1.29, 1.82) is 0 Å². The van der Waals surface area contributed by atoms with Crippen LogP contribution in [0.5, 0.6) is 5.75 Å². The van der Waals surface area contributed by atoms with Gasteiger partial charge in [0.1, 0.15) is 12.4 Å². The standard InChI is InChI=1S/C27H21ClN2O3/c28-22-12-16(14-29-30-26(31)24-18-9-10-19(13-18)25(24)27(30)32)8-11-23(22)33-15-20-6-3-5-17-4-1-2-7-21(17)20/h1-12,14,18-19,24-25H,13,15H2/t18-,19-,24-,25+/m0/s1. The number of benzene rings is 3. The lowest BCUT2D eigenvalue weighted by molar-refractivity contribution is -0.140. The molecule has 6 rings (SSSR count). The van der Waals surface area contributed by atoms with Crippen molar-refractivity contribution in [3.05, 3.63) is 89.0 Å². The van der Waals surface area contributed by atoms with Gasteiger partial charge in [-0.05, 0) is 58.4 Å². The van der Waals surface area contributed by atoms with E-state index in [1.165, 1.54) is 6.21 Å². The van der Waals surface area contributed by atoms with E-state index in [-0.39, 0.29) is 35.5 Å². The van der Waals surface area contributed by atoms with Gasteiger partial charge in [-0.1, -0.05) is 66.2 Å². The van der Waals surface area contributed by atoms with Gasteiger partial charge >= 0.3 is 0 Å². The van der Waals surface area contributed by atoms with Gasteiger partial charge in [-0.3, -0.25) is 9.59 Å². The van der Waals surface area contributed by atoms with Crippen LogP contribution >= 0.6 is 11.6 Å². The molecule has 6 heteroatoms. The second-order valence-electron chi connectivity index (χ2n) is 8.85. The predicted octanol–water partition coefficient (Wildman–Crippen LogP) is 5.21. The molecular weight excluding hydrogens is 436 g/mol. The minimum absolute atomic E-state index is 0.171. The Bertz CT molecular complexity index is 1310. The molecule has 2 amide bonds. The van der Waals surface area contributed by atoms with Crippen LogP contribution in [-0.2, 0) is 16.2 Å². The average molecular weight is 457 g/mol. The van der Waals surface area contributed by atoms with Crippen LogP contribution in [0.25, 0.3) is 10.8 Å². The summed E-state index contributed by atoms with van der Waals surface area (Å²) in [6.45, 7) is 0.393. The van der Waals surface area contributed by atoms with Crippen molar-refractivity contribution in [2.24, 2.45) is 28.8 Å². The van der Waals surface area contributed by atoms with Crippen LogP contribution in [0, 0.1) is 23.7 Å². The van der Waals surface area contributed by atoms with Gasteiger partial charge in [0.05, 0.1) is 23.1 Å². The van der Waals surface area contributed by atoms with Crippen molar-refractivity contribution in [2.75, 3.05) is 0 Å². The van der Waals surface area contributed by atoms with Crippen molar-refractivity contribution in [1.82, 2.24) is 5.01 Å². The molecule has 3 aliphatic rings. The molecule has 164 valence electrons.